The second-order valence-corrected chi connectivity index (χ2v) is 5.86. The monoisotopic (exact) mass is 346 g/mol. The maximum absolute atomic E-state index is 11.9. The Bertz CT molecular complexity index is 640. The lowest BCUT2D eigenvalue weighted by Gasteiger charge is -2.10. The van der Waals surface area contributed by atoms with Gasteiger partial charge in [0.1, 0.15) is 0 Å². The zero-order valence-electron chi connectivity index (χ0n) is 12.2. The van der Waals surface area contributed by atoms with Crippen LogP contribution in [0.1, 0.15) is 17.5 Å². The van der Waals surface area contributed by atoms with Gasteiger partial charge in [-0.25, -0.2) is 0 Å². The highest BCUT2D eigenvalue weighted by Crippen LogP contribution is 2.20. The van der Waals surface area contributed by atoms with Crippen molar-refractivity contribution in [2.75, 3.05) is 17.2 Å². The fourth-order valence-corrected chi connectivity index (χ4v) is 2.35. The average molecular weight is 347 g/mol. The molecule has 2 N–H and O–H groups in total. The minimum atomic E-state index is 0.00633. The van der Waals surface area contributed by atoms with Gasteiger partial charge in [-0.2, -0.15) is 0 Å². The molecule has 0 radical (unpaired) electrons. The van der Waals surface area contributed by atoms with Gasteiger partial charge in [0.25, 0.3) is 0 Å². The van der Waals surface area contributed by atoms with Gasteiger partial charge in [-0.15, -0.1) is 0 Å². The summed E-state index contributed by atoms with van der Waals surface area (Å²) in [5, 5.41) is 6.18. The Hall–Kier alpha value is -1.81. The standard InChI is InChI=1S/C17H19BrN2O/c1-12-7-8-14(11-15(12)18)20-17(21)9-10-19-16-6-4-3-5-13(16)2/h3-8,11,19H,9-10H2,1-2H3,(H,20,21). The minimum Gasteiger partial charge on any atom is -0.384 e. The number of para-hydroxylation sites is 1. The molecular weight excluding hydrogens is 328 g/mol. The van der Waals surface area contributed by atoms with E-state index in [4.69, 9.17) is 0 Å². The molecule has 2 rings (SSSR count). The van der Waals surface area contributed by atoms with Gasteiger partial charge in [-0.1, -0.05) is 40.2 Å². The summed E-state index contributed by atoms with van der Waals surface area (Å²) in [6.45, 7) is 4.68. The van der Waals surface area contributed by atoms with E-state index >= 15 is 0 Å². The minimum absolute atomic E-state index is 0.00633. The molecule has 0 saturated carbocycles. The molecule has 0 unspecified atom stereocenters. The molecule has 3 nitrogen and oxygen atoms in total. The molecule has 0 aliphatic carbocycles. The van der Waals surface area contributed by atoms with Crippen LogP contribution in [-0.4, -0.2) is 12.5 Å². The van der Waals surface area contributed by atoms with Gasteiger partial charge >= 0.3 is 0 Å². The summed E-state index contributed by atoms with van der Waals surface area (Å²) >= 11 is 3.46. The molecule has 0 heterocycles. The van der Waals surface area contributed by atoms with Crippen LogP contribution in [0, 0.1) is 13.8 Å². The number of aryl methyl sites for hydroxylation is 2. The quantitative estimate of drug-likeness (QED) is 0.836. The average Bonchev–Trinajstić information content (AvgIpc) is 2.45. The van der Waals surface area contributed by atoms with Crippen molar-refractivity contribution in [3.8, 4) is 0 Å². The highest BCUT2D eigenvalue weighted by Gasteiger charge is 2.04. The molecule has 0 aliphatic rings. The predicted octanol–water partition coefficient (Wildman–Crippen LogP) is 4.51. The second-order valence-electron chi connectivity index (χ2n) is 5.00. The van der Waals surface area contributed by atoms with Gasteiger partial charge in [0.2, 0.25) is 5.91 Å². The Morgan fingerprint density at radius 3 is 2.57 bits per heavy atom. The van der Waals surface area contributed by atoms with Gasteiger partial charge in [-0.3, -0.25) is 4.79 Å². The number of carbonyl (C=O) groups excluding carboxylic acids is 1. The topological polar surface area (TPSA) is 41.1 Å². The number of hydrogen-bond donors (Lipinski definition) is 2. The fourth-order valence-electron chi connectivity index (χ4n) is 1.98. The highest BCUT2D eigenvalue weighted by molar-refractivity contribution is 9.10. The SMILES string of the molecule is Cc1ccc(NC(=O)CCNc2ccccc2C)cc1Br. The van der Waals surface area contributed by atoms with Crippen molar-refractivity contribution < 1.29 is 4.79 Å². The molecule has 21 heavy (non-hydrogen) atoms. The Kier molecular flexibility index (Phi) is 5.39. The van der Waals surface area contributed by atoms with Crippen LogP contribution in [0.5, 0.6) is 0 Å². The fraction of sp³-hybridized carbons (Fsp3) is 0.235. The van der Waals surface area contributed by atoms with Crippen molar-refractivity contribution in [2.24, 2.45) is 0 Å². The van der Waals surface area contributed by atoms with E-state index in [1.807, 2.05) is 56.3 Å². The lowest BCUT2D eigenvalue weighted by atomic mass is 10.2. The Balaban J connectivity index is 1.82. The van der Waals surface area contributed by atoms with E-state index < -0.39 is 0 Å². The van der Waals surface area contributed by atoms with Gasteiger partial charge in [0.15, 0.2) is 0 Å². The summed E-state index contributed by atoms with van der Waals surface area (Å²) in [4.78, 5) is 11.9. The summed E-state index contributed by atoms with van der Waals surface area (Å²) in [6, 6.07) is 13.9. The summed E-state index contributed by atoms with van der Waals surface area (Å²) in [5.74, 6) is 0.00633. The number of nitrogens with one attached hydrogen (secondary N) is 2. The van der Waals surface area contributed by atoms with Crippen LogP contribution in [0.3, 0.4) is 0 Å². The summed E-state index contributed by atoms with van der Waals surface area (Å²) in [5.41, 5.74) is 4.21. The summed E-state index contributed by atoms with van der Waals surface area (Å²) < 4.78 is 0.998. The number of halogens is 1. The first-order chi connectivity index (χ1) is 10.1. The number of anilines is 2. The lowest BCUT2D eigenvalue weighted by molar-refractivity contribution is -0.115. The molecule has 2 aromatic rings. The number of hydrogen-bond acceptors (Lipinski definition) is 2. The Morgan fingerprint density at radius 1 is 1.10 bits per heavy atom. The molecule has 2 aromatic carbocycles. The van der Waals surface area contributed by atoms with E-state index in [1.165, 1.54) is 5.56 Å². The zero-order chi connectivity index (χ0) is 15.2. The van der Waals surface area contributed by atoms with E-state index in [-0.39, 0.29) is 5.91 Å². The zero-order valence-corrected chi connectivity index (χ0v) is 13.8. The van der Waals surface area contributed by atoms with Crippen molar-refractivity contribution in [2.45, 2.75) is 20.3 Å². The third-order valence-corrected chi connectivity index (χ3v) is 4.12. The molecule has 0 spiro atoms. The molecule has 1 amide bonds. The first-order valence-corrected chi connectivity index (χ1v) is 7.71. The smallest absolute Gasteiger partial charge is 0.226 e. The molecule has 0 atom stereocenters. The molecule has 4 heteroatoms. The van der Waals surface area contributed by atoms with Crippen LogP contribution < -0.4 is 10.6 Å². The lowest BCUT2D eigenvalue weighted by Crippen LogP contribution is -2.16. The van der Waals surface area contributed by atoms with E-state index in [2.05, 4.69) is 26.6 Å². The molecule has 0 bridgehead atoms. The molecule has 0 fully saturated rings. The largest absolute Gasteiger partial charge is 0.384 e. The van der Waals surface area contributed by atoms with Crippen LogP contribution in [-0.2, 0) is 4.79 Å². The maximum Gasteiger partial charge on any atom is 0.226 e. The first kappa shape index (κ1) is 15.6. The van der Waals surface area contributed by atoms with Crippen molar-refractivity contribution in [3.63, 3.8) is 0 Å². The van der Waals surface area contributed by atoms with Gasteiger partial charge in [0, 0.05) is 28.8 Å². The number of carbonyl (C=O) groups is 1. The normalized spacial score (nSPS) is 10.2. The predicted molar refractivity (Wildman–Crippen MR) is 91.8 cm³/mol. The van der Waals surface area contributed by atoms with Crippen LogP contribution >= 0.6 is 15.9 Å². The van der Waals surface area contributed by atoms with E-state index in [0.29, 0.717) is 13.0 Å². The van der Waals surface area contributed by atoms with Crippen LogP contribution in [0.25, 0.3) is 0 Å². The first-order valence-electron chi connectivity index (χ1n) is 6.92. The van der Waals surface area contributed by atoms with Crippen molar-refractivity contribution in [3.05, 3.63) is 58.1 Å². The van der Waals surface area contributed by atoms with Gasteiger partial charge in [0.05, 0.1) is 0 Å². The Morgan fingerprint density at radius 2 is 1.86 bits per heavy atom. The van der Waals surface area contributed by atoms with Crippen LogP contribution in [0.2, 0.25) is 0 Å². The molecule has 0 aliphatic heterocycles. The summed E-state index contributed by atoms with van der Waals surface area (Å²) in [7, 11) is 0. The molecule has 0 saturated heterocycles. The van der Waals surface area contributed by atoms with E-state index in [1.54, 1.807) is 0 Å². The molecular formula is C17H19BrN2O. The third kappa shape index (κ3) is 4.60. The van der Waals surface area contributed by atoms with E-state index in [9.17, 15) is 4.79 Å². The number of rotatable bonds is 5. The van der Waals surface area contributed by atoms with Gasteiger partial charge < -0.3 is 10.6 Å². The summed E-state index contributed by atoms with van der Waals surface area (Å²) in [6.07, 6.45) is 0.430. The second kappa shape index (κ2) is 7.27. The van der Waals surface area contributed by atoms with Crippen molar-refractivity contribution in [1.82, 2.24) is 0 Å². The Labute approximate surface area is 133 Å². The van der Waals surface area contributed by atoms with E-state index in [0.717, 1.165) is 21.4 Å². The van der Waals surface area contributed by atoms with Crippen molar-refractivity contribution >= 4 is 33.2 Å². The van der Waals surface area contributed by atoms with Crippen molar-refractivity contribution in [1.29, 1.82) is 0 Å². The van der Waals surface area contributed by atoms with Crippen LogP contribution in [0.4, 0.5) is 11.4 Å². The van der Waals surface area contributed by atoms with Gasteiger partial charge in [-0.05, 0) is 43.2 Å². The maximum atomic E-state index is 11.9. The molecule has 110 valence electrons. The van der Waals surface area contributed by atoms with Crippen LogP contribution in [0.15, 0.2) is 46.9 Å². The number of benzene rings is 2. The highest BCUT2D eigenvalue weighted by atomic mass is 79.9. The molecule has 0 aromatic heterocycles. The third-order valence-electron chi connectivity index (χ3n) is 3.27. The number of amides is 1.